The van der Waals surface area contributed by atoms with Gasteiger partial charge < -0.3 is 10.1 Å². The molecule has 0 bridgehead atoms. The quantitative estimate of drug-likeness (QED) is 0.557. The Morgan fingerprint density at radius 3 is 2.91 bits per heavy atom. The van der Waals surface area contributed by atoms with Crippen LogP contribution in [0.1, 0.15) is 17.3 Å². The highest BCUT2D eigenvalue weighted by Gasteiger charge is 2.20. The summed E-state index contributed by atoms with van der Waals surface area (Å²) in [5.41, 5.74) is 0.548. The molecule has 1 N–H and O–H groups in total. The third-order valence-electron chi connectivity index (χ3n) is 3.03. The summed E-state index contributed by atoms with van der Waals surface area (Å²) < 4.78 is 18.9. The molecule has 0 radical (unpaired) electrons. The SMILES string of the molecule is CCOC(=O)c1csc2nc(Cl)nc(Nc3ccccc3F)c12. The van der Waals surface area contributed by atoms with Crippen LogP contribution in [0, 0.1) is 5.82 Å². The van der Waals surface area contributed by atoms with Crippen LogP contribution in [0.5, 0.6) is 0 Å². The molecule has 8 heteroatoms. The first kappa shape index (κ1) is 15.6. The predicted octanol–water partition coefficient (Wildman–Crippen LogP) is 4.40. The van der Waals surface area contributed by atoms with Crippen LogP contribution in [-0.4, -0.2) is 22.5 Å². The van der Waals surface area contributed by atoms with Crippen molar-refractivity contribution in [3.63, 3.8) is 0 Å². The van der Waals surface area contributed by atoms with E-state index >= 15 is 0 Å². The van der Waals surface area contributed by atoms with Gasteiger partial charge in [-0.05, 0) is 30.7 Å². The fraction of sp³-hybridized carbons (Fsp3) is 0.133. The topological polar surface area (TPSA) is 64.1 Å². The molecule has 0 aliphatic rings. The summed E-state index contributed by atoms with van der Waals surface area (Å²) >= 11 is 7.16. The Morgan fingerprint density at radius 2 is 2.17 bits per heavy atom. The highest BCUT2D eigenvalue weighted by Crippen LogP contribution is 2.33. The Balaban J connectivity index is 2.13. The minimum Gasteiger partial charge on any atom is -0.462 e. The van der Waals surface area contributed by atoms with Gasteiger partial charge in [-0.25, -0.2) is 14.2 Å². The van der Waals surface area contributed by atoms with E-state index in [1.54, 1.807) is 30.5 Å². The second-order valence-corrected chi connectivity index (χ2v) is 5.69. The van der Waals surface area contributed by atoms with Gasteiger partial charge in [-0.1, -0.05) is 12.1 Å². The molecule has 0 spiro atoms. The van der Waals surface area contributed by atoms with Gasteiger partial charge in [0.05, 0.1) is 23.2 Å². The van der Waals surface area contributed by atoms with Crippen molar-refractivity contribution in [1.29, 1.82) is 0 Å². The number of anilines is 2. The average molecular weight is 352 g/mol. The summed E-state index contributed by atoms with van der Waals surface area (Å²) in [6.45, 7) is 1.97. The Labute approximate surface area is 140 Å². The highest BCUT2D eigenvalue weighted by molar-refractivity contribution is 7.17. The molecule has 0 saturated heterocycles. The zero-order valence-electron chi connectivity index (χ0n) is 12.0. The summed E-state index contributed by atoms with van der Waals surface area (Å²) in [6, 6.07) is 6.15. The van der Waals surface area contributed by atoms with Crippen molar-refractivity contribution in [3.8, 4) is 0 Å². The smallest absolute Gasteiger partial charge is 0.339 e. The lowest BCUT2D eigenvalue weighted by Gasteiger charge is -2.09. The number of thiophene rings is 1. The summed E-state index contributed by atoms with van der Waals surface area (Å²) in [5, 5.41) is 4.96. The third-order valence-corrected chi connectivity index (χ3v) is 4.07. The molecule has 1 aromatic carbocycles. The summed E-state index contributed by atoms with van der Waals surface area (Å²) in [4.78, 5) is 20.8. The van der Waals surface area contributed by atoms with E-state index in [0.717, 1.165) is 0 Å². The van der Waals surface area contributed by atoms with Crippen molar-refractivity contribution < 1.29 is 13.9 Å². The van der Waals surface area contributed by atoms with E-state index in [1.165, 1.54) is 17.4 Å². The molecule has 0 aliphatic heterocycles. The number of fused-ring (bicyclic) bond motifs is 1. The maximum atomic E-state index is 13.9. The van der Waals surface area contributed by atoms with Crippen LogP contribution < -0.4 is 5.32 Å². The fourth-order valence-corrected chi connectivity index (χ4v) is 3.18. The number of rotatable bonds is 4. The van der Waals surface area contributed by atoms with Crippen LogP contribution in [0.4, 0.5) is 15.9 Å². The molecule has 23 heavy (non-hydrogen) atoms. The zero-order valence-corrected chi connectivity index (χ0v) is 13.5. The number of nitrogens with zero attached hydrogens (tertiary/aromatic N) is 2. The molecular weight excluding hydrogens is 341 g/mol. The number of carbonyl (C=O) groups is 1. The lowest BCUT2D eigenvalue weighted by Crippen LogP contribution is -2.06. The number of hydrogen-bond acceptors (Lipinski definition) is 6. The Kier molecular flexibility index (Phi) is 4.40. The van der Waals surface area contributed by atoms with E-state index in [2.05, 4.69) is 15.3 Å². The molecule has 2 aromatic heterocycles. The molecule has 5 nitrogen and oxygen atoms in total. The van der Waals surface area contributed by atoms with E-state index in [9.17, 15) is 9.18 Å². The number of hydrogen-bond donors (Lipinski definition) is 1. The van der Waals surface area contributed by atoms with Gasteiger partial charge in [0.15, 0.2) is 0 Å². The van der Waals surface area contributed by atoms with E-state index < -0.39 is 11.8 Å². The highest BCUT2D eigenvalue weighted by atomic mass is 35.5. The van der Waals surface area contributed by atoms with Gasteiger partial charge in [0.25, 0.3) is 0 Å². The first-order valence-corrected chi connectivity index (χ1v) is 7.99. The Morgan fingerprint density at radius 1 is 1.39 bits per heavy atom. The molecule has 0 saturated carbocycles. The van der Waals surface area contributed by atoms with Crippen LogP contribution >= 0.6 is 22.9 Å². The maximum Gasteiger partial charge on any atom is 0.339 e. The van der Waals surface area contributed by atoms with Crippen LogP contribution in [-0.2, 0) is 4.74 Å². The molecule has 2 heterocycles. The van der Waals surface area contributed by atoms with Crippen molar-refractivity contribution in [2.45, 2.75) is 6.92 Å². The first-order chi connectivity index (χ1) is 11.1. The number of aromatic nitrogens is 2. The minimum absolute atomic E-state index is 0.00796. The normalized spacial score (nSPS) is 10.7. The van der Waals surface area contributed by atoms with Gasteiger partial charge in [-0.3, -0.25) is 0 Å². The number of halogens is 2. The standard InChI is InChI=1S/C15H11ClFN3O2S/c1-2-22-14(21)8-7-23-13-11(8)12(19-15(16)20-13)18-10-6-4-3-5-9(10)17/h3-7H,2H2,1H3,(H,18,19,20). The number of esters is 1. The largest absolute Gasteiger partial charge is 0.462 e. The van der Waals surface area contributed by atoms with Crippen molar-refractivity contribution in [3.05, 3.63) is 46.3 Å². The molecule has 118 valence electrons. The van der Waals surface area contributed by atoms with E-state index in [0.29, 0.717) is 15.8 Å². The predicted molar refractivity (Wildman–Crippen MR) is 88.1 cm³/mol. The summed E-state index contributed by atoms with van der Waals surface area (Å²) in [5.74, 6) is -0.668. The third kappa shape index (κ3) is 3.11. The van der Waals surface area contributed by atoms with Crippen LogP contribution in [0.2, 0.25) is 5.28 Å². The minimum atomic E-state index is -0.485. The van der Waals surface area contributed by atoms with Crippen molar-refractivity contribution in [2.24, 2.45) is 0 Å². The van der Waals surface area contributed by atoms with Gasteiger partial charge in [0.2, 0.25) is 5.28 Å². The van der Waals surface area contributed by atoms with Gasteiger partial charge in [0, 0.05) is 5.38 Å². The number of nitrogens with one attached hydrogen (secondary N) is 1. The molecule has 0 fully saturated rings. The number of ether oxygens (including phenoxy) is 1. The second kappa shape index (κ2) is 6.47. The fourth-order valence-electron chi connectivity index (χ4n) is 2.06. The van der Waals surface area contributed by atoms with E-state index in [1.807, 2.05) is 0 Å². The molecule has 0 unspecified atom stereocenters. The van der Waals surface area contributed by atoms with Crippen molar-refractivity contribution in [1.82, 2.24) is 9.97 Å². The summed E-state index contributed by atoms with van der Waals surface area (Å²) in [7, 11) is 0. The monoisotopic (exact) mass is 351 g/mol. The molecule has 0 amide bonds. The Hall–Kier alpha value is -2.25. The molecule has 3 rings (SSSR count). The van der Waals surface area contributed by atoms with Crippen molar-refractivity contribution >= 4 is 50.6 Å². The zero-order chi connectivity index (χ0) is 16.4. The van der Waals surface area contributed by atoms with Gasteiger partial charge >= 0.3 is 5.97 Å². The van der Waals surface area contributed by atoms with E-state index in [-0.39, 0.29) is 23.4 Å². The van der Waals surface area contributed by atoms with Gasteiger partial charge in [0.1, 0.15) is 16.5 Å². The maximum absolute atomic E-state index is 13.9. The first-order valence-electron chi connectivity index (χ1n) is 6.73. The number of carbonyl (C=O) groups excluding carboxylic acids is 1. The molecule has 0 atom stereocenters. The lowest BCUT2D eigenvalue weighted by molar-refractivity contribution is 0.0529. The molecule has 3 aromatic rings. The number of para-hydroxylation sites is 1. The average Bonchev–Trinajstić information content (AvgIpc) is 2.93. The van der Waals surface area contributed by atoms with Crippen molar-refractivity contribution in [2.75, 3.05) is 11.9 Å². The summed E-state index contributed by atoms with van der Waals surface area (Å²) in [6.07, 6.45) is 0. The van der Waals surface area contributed by atoms with E-state index in [4.69, 9.17) is 16.3 Å². The Bertz CT molecular complexity index is 884. The molecular formula is C15H11ClFN3O2S. The number of benzene rings is 1. The van der Waals surface area contributed by atoms with Gasteiger partial charge in [-0.15, -0.1) is 11.3 Å². The second-order valence-electron chi connectivity index (χ2n) is 4.50. The molecule has 0 aliphatic carbocycles. The van der Waals surface area contributed by atoms with Crippen LogP contribution in [0.15, 0.2) is 29.6 Å². The van der Waals surface area contributed by atoms with Gasteiger partial charge in [-0.2, -0.15) is 4.98 Å². The van der Waals surface area contributed by atoms with Crippen LogP contribution in [0.3, 0.4) is 0 Å². The van der Waals surface area contributed by atoms with Crippen LogP contribution in [0.25, 0.3) is 10.2 Å². The lowest BCUT2D eigenvalue weighted by atomic mass is 10.2.